The fraction of sp³-hybridized carbons (Fsp3) is 0.684. The zero-order valence-corrected chi connectivity index (χ0v) is 13.8. The van der Waals surface area contributed by atoms with Crippen molar-refractivity contribution in [3.05, 3.63) is 35.9 Å². The predicted octanol–water partition coefficient (Wildman–Crippen LogP) is 4.22. The van der Waals surface area contributed by atoms with Crippen LogP contribution in [0.25, 0.3) is 0 Å². The van der Waals surface area contributed by atoms with E-state index in [1.54, 1.807) is 0 Å². The molecule has 2 unspecified atom stereocenters. The molecule has 0 bridgehead atoms. The molecule has 1 saturated heterocycles. The molecule has 2 rings (SSSR count). The van der Waals surface area contributed by atoms with Crippen LogP contribution in [-0.4, -0.2) is 24.5 Å². The third-order valence-corrected chi connectivity index (χ3v) is 5.03. The summed E-state index contributed by atoms with van der Waals surface area (Å²) < 4.78 is 0. The maximum Gasteiger partial charge on any atom is 0.0295 e. The summed E-state index contributed by atoms with van der Waals surface area (Å²) in [7, 11) is 0. The van der Waals surface area contributed by atoms with Crippen molar-refractivity contribution < 1.29 is 0 Å². The van der Waals surface area contributed by atoms with Crippen LogP contribution in [0.5, 0.6) is 0 Å². The number of nitrogens with two attached hydrogens (primary N) is 1. The fourth-order valence-electron chi connectivity index (χ4n) is 3.47. The molecular weight excluding hydrogens is 256 g/mol. The smallest absolute Gasteiger partial charge is 0.0295 e. The zero-order valence-electron chi connectivity index (χ0n) is 13.8. The van der Waals surface area contributed by atoms with Gasteiger partial charge in [-0.05, 0) is 69.1 Å². The zero-order chi connectivity index (χ0) is 15.1. The molecule has 1 aromatic carbocycles. The number of nitrogens with zero attached hydrogens (tertiary/aromatic N) is 1. The average Bonchev–Trinajstić information content (AvgIpc) is 2.74. The lowest BCUT2D eigenvalue weighted by Crippen LogP contribution is -2.27. The highest BCUT2D eigenvalue weighted by Crippen LogP contribution is 2.25. The highest BCUT2D eigenvalue weighted by Gasteiger charge is 2.19. The van der Waals surface area contributed by atoms with E-state index in [4.69, 9.17) is 5.73 Å². The van der Waals surface area contributed by atoms with Crippen LogP contribution in [0.1, 0.15) is 57.6 Å². The second-order valence-electron chi connectivity index (χ2n) is 6.94. The third kappa shape index (κ3) is 5.44. The number of benzene rings is 1. The summed E-state index contributed by atoms with van der Waals surface area (Å²) in [5, 5.41) is 0. The van der Waals surface area contributed by atoms with Crippen molar-refractivity contribution >= 4 is 0 Å². The van der Waals surface area contributed by atoms with E-state index in [1.165, 1.54) is 50.9 Å². The van der Waals surface area contributed by atoms with Crippen molar-refractivity contribution in [2.24, 2.45) is 17.6 Å². The second kappa shape index (κ2) is 8.55. The van der Waals surface area contributed by atoms with Crippen LogP contribution in [0.2, 0.25) is 0 Å². The van der Waals surface area contributed by atoms with Gasteiger partial charge in [-0.25, -0.2) is 0 Å². The highest BCUT2D eigenvalue weighted by atomic mass is 15.1. The molecule has 1 aromatic rings. The van der Waals surface area contributed by atoms with E-state index >= 15 is 0 Å². The van der Waals surface area contributed by atoms with Gasteiger partial charge < -0.3 is 10.6 Å². The SMILES string of the molecule is CC(C)C1CCCN(CCCC(N)c2ccccc2)CC1. The Morgan fingerprint density at radius 3 is 2.62 bits per heavy atom. The molecule has 0 aromatic heterocycles. The van der Waals surface area contributed by atoms with Crippen molar-refractivity contribution in [3.63, 3.8) is 0 Å². The first-order valence-corrected chi connectivity index (χ1v) is 8.69. The lowest BCUT2D eigenvalue weighted by Gasteiger charge is -2.22. The summed E-state index contributed by atoms with van der Waals surface area (Å²) in [5.74, 6) is 1.78. The summed E-state index contributed by atoms with van der Waals surface area (Å²) in [4.78, 5) is 2.65. The third-order valence-electron chi connectivity index (χ3n) is 5.03. The topological polar surface area (TPSA) is 29.3 Å². The molecule has 0 saturated carbocycles. The van der Waals surface area contributed by atoms with Crippen LogP contribution in [-0.2, 0) is 0 Å². The monoisotopic (exact) mass is 288 g/mol. The molecule has 2 atom stereocenters. The Morgan fingerprint density at radius 1 is 1.14 bits per heavy atom. The van der Waals surface area contributed by atoms with Crippen molar-refractivity contribution in [1.82, 2.24) is 4.90 Å². The minimum atomic E-state index is 0.196. The van der Waals surface area contributed by atoms with Crippen LogP contribution in [0.3, 0.4) is 0 Å². The van der Waals surface area contributed by atoms with Crippen LogP contribution in [0.15, 0.2) is 30.3 Å². The average molecular weight is 288 g/mol. The van der Waals surface area contributed by atoms with Gasteiger partial charge in [-0.3, -0.25) is 0 Å². The molecule has 1 aliphatic heterocycles. The van der Waals surface area contributed by atoms with Gasteiger partial charge >= 0.3 is 0 Å². The normalized spacial score (nSPS) is 22.2. The quantitative estimate of drug-likeness (QED) is 0.849. The summed E-state index contributed by atoms with van der Waals surface area (Å²) in [6.45, 7) is 8.52. The first-order valence-electron chi connectivity index (χ1n) is 8.69. The van der Waals surface area contributed by atoms with Crippen molar-refractivity contribution in [2.75, 3.05) is 19.6 Å². The fourth-order valence-corrected chi connectivity index (χ4v) is 3.47. The van der Waals surface area contributed by atoms with E-state index in [0.29, 0.717) is 0 Å². The Kier molecular flexibility index (Phi) is 6.72. The molecule has 2 heteroatoms. The van der Waals surface area contributed by atoms with Gasteiger partial charge in [0.1, 0.15) is 0 Å². The standard InChI is InChI=1S/C19H32N2/c1-16(2)17-10-6-13-21(15-12-17)14-7-11-19(20)18-8-4-3-5-9-18/h3-5,8-9,16-17,19H,6-7,10-15,20H2,1-2H3. The molecule has 2 N–H and O–H groups in total. The summed E-state index contributed by atoms with van der Waals surface area (Å²) in [5.41, 5.74) is 7.56. The molecule has 21 heavy (non-hydrogen) atoms. The van der Waals surface area contributed by atoms with E-state index in [2.05, 4.69) is 49.1 Å². The number of hydrogen-bond acceptors (Lipinski definition) is 2. The summed E-state index contributed by atoms with van der Waals surface area (Å²) in [6, 6.07) is 10.7. The summed E-state index contributed by atoms with van der Waals surface area (Å²) in [6.07, 6.45) is 6.46. The number of rotatable bonds is 6. The number of likely N-dealkylation sites (tertiary alicyclic amines) is 1. The molecule has 118 valence electrons. The van der Waals surface area contributed by atoms with E-state index in [9.17, 15) is 0 Å². The Labute approximate surface area is 130 Å². The highest BCUT2D eigenvalue weighted by molar-refractivity contribution is 5.18. The van der Waals surface area contributed by atoms with Crippen LogP contribution >= 0.6 is 0 Å². The minimum Gasteiger partial charge on any atom is -0.324 e. The molecule has 0 aliphatic carbocycles. The Bertz CT molecular complexity index is 388. The van der Waals surface area contributed by atoms with Gasteiger partial charge in [-0.2, -0.15) is 0 Å². The Hall–Kier alpha value is -0.860. The Balaban J connectivity index is 1.69. The Morgan fingerprint density at radius 2 is 1.90 bits per heavy atom. The predicted molar refractivity (Wildman–Crippen MR) is 91.2 cm³/mol. The molecular formula is C19H32N2. The molecule has 2 nitrogen and oxygen atoms in total. The van der Waals surface area contributed by atoms with Crippen LogP contribution in [0.4, 0.5) is 0 Å². The van der Waals surface area contributed by atoms with Gasteiger partial charge in [0.2, 0.25) is 0 Å². The molecule has 1 fully saturated rings. The van der Waals surface area contributed by atoms with E-state index < -0.39 is 0 Å². The maximum atomic E-state index is 6.28. The molecule has 0 spiro atoms. The minimum absolute atomic E-state index is 0.196. The molecule has 0 amide bonds. The van der Waals surface area contributed by atoms with E-state index in [0.717, 1.165) is 18.3 Å². The van der Waals surface area contributed by atoms with Crippen molar-refractivity contribution in [2.45, 2.75) is 52.0 Å². The first kappa shape index (κ1) is 16.5. The van der Waals surface area contributed by atoms with Gasteiger partial charge in [0, 0.05) is 6.04 Å². The van der Waals surface area contributed by atoms with E-state index in [1.807, 2.05) is 0 Å². The molecule has 1 aliphatic rings. The van der Waals surface area contributed by atoms with Crippen LogP contribution < -0.4 is 5.73 Å². The van der Waals surface area contributed by atoms with Crippen LogP contribution in [0, 0.1) is 11.8 Å². The van der Waals surface area contributed by atoms with Gasteiger partial charge in [-0.15, -0.1) is 0 Å². The maximum absolute atomic E-state index is 6.28. The van der Waals surface area contributed by atoms with Crippen molar-refractivity contribution in [3.8, 4) is 0 Å². The first-order chi connectivity index (χ1) is 10.2. The largest absolute Gasteiger partial charge is 0.324 e. The van der Waals surface area contributed by atoms with Gasteiger partial charge in [-0.1, -0.05) is 44.2 Å². The molecule has 1 heterocycles. The van der Waals surface area contributed by atoms with Gasteiger partial charge in [0.25, 0.3) is 0 Å². The second-order valence-corrected chi connectivity index (χ2v) is 6.94. The number of hydrogen-bond donors (Lipinski definition) is 1. The van der Waals surface area contributed by atoms with Gasteiger partial charge in [0.05, 0.1) is 0 Å². The summed E-state index contributed by atoms with van der Waals surface area (Å²) >= 11 is 0. The van der Waals surface area contributed by atoms with E-state index in [-0.39, 0.29) is 6.04 Å². The lowest BCUT2D eigenvalue weighted by molar-refractivity contribution is 0.264. The van der Waals surface area contributed by atoms with Gasteiger partial charge in [0.15, 0.2) is 0 Å². The van der Waals surface area contributed by atoms with Crippen molar-refractivity contribution in [1.29, 1.82) is 0 Å². The molecule has 0 radical (unpaired) electrons. The lowest BCUT2D eigenvalue weighted by atomic mass is 9.89.